The maximum absolute atomic E-state index is 4.02. The quantitative estimate of drug-likeness (QED) is 0.866. The molecule has 90 valence electrons. The fourth-order valence-corrected chi connectivity index (χ4v) is 1.53. The lowest BCUT2D eigenvalue weighted by Gasteiger charge is -2.13. The number of aryl methyl sites for hydroxylation is 1. The van der Waals surface area contributed by atoms with E-state index in [9.17, 15) is 0 Å². The number of nitrogens with zero attached hydrogens (tertiary/aromatic N) is 4. The molecule has 0 aliphatic heterocycles. The second kappa shape index (κ2) is 4.86. The van der Waals surface area contributed by atoms with Crippen LogP contribution >= 0.6 is 0 Å². The molecule has 2 rings (SSSR count). The van der Waals surface area contributed by atoms with Gasteiger partial charge in [0.1, 0.15) is 6.33 Å². The first-order valence-corrected chi connectivity index (χ1v) is 5.51. The smallest absolute Gasteiger partial charge is 0.151 e. The average molecular weight is 231 g/mol. The van der Waals surface area contributed by atoms with E-state index in [-0.39, 0.29) is 0 Å². The number of nitrogens with one attached hydrogen (secondary N) is 1. The van der Waals surface area contributed by atoms with Gasteiger partial charge in [-0.25, -0.2) is 0 Å². The Balaban J connectivity index is 1.98. The number of aromatic nitrogens is 3. The Morgan fingerprint density at radius 1 is 1.24 bits per heavy atom. The molecule has 0 bridgehead atoms. The minimum Gasteiger partial charge on any atom is -0.378 e. The molecule has 1 aromatic heterocycles. The summed E-state index contributed by atoms with van der Waals surface area (Å²) in [6.07, 6.45) is 1.70. The standard InChI is InChI=1S/C12H17N5/c1-16(2)11-6-4-10(5-7-11)13-8-12-15-14-9-17(12)3/h4-7,9,13H,8H2,1-3H3. The third-order valence-electron chi connectivity index (χ3n) is 2.64. The van der Waals surface area contributed by atoms with E-state index in [1.807, 2.05) is 25.7 Å². The number of hydrogen-bond acceptors (Lipinski definition) is 4. The van der Waals surface area contributed by atoms with E-state index in [1.54, 1.807) is 6.33 Å². The predicted octanol–water partition coefficient (Wildman–Crippen LogP) is 1.49. The molecule has 2 aromatic rings. The van der Waals surface area contributed by atoms with E-state index in [0.717, 1.165) is 11.5 Å². The van der Waals surface area contributed by atoms with Crippen molar-refractivity contribution in [1.29, 1.82) is 0 Å². The van der Waals surface area contributed by atoms with Gasteiger partial charge in [0.25, 0.3) is 0 Å². The molecule has 0 atom stereocenters. The molecule has 0 saturated heterocycles. The van der Waals surface area contributed by atoms with Gasteiger partial charge < -0.3 is 14.8 Å². The summed E-state index contributed by atoms with van der Waals surface area (Å²) in [7, 11) is 6.00. The Morgan fingerprint density at radius 3 is 2.47 bits per heavy atom. The van der Waals surface area contributed by atoms with Gasteiger partial charge in [-0.15, -0.1) is 10.2 Å². The number of rotatable bonds is 4. The van der Waals surface area contributed by atoms with Crippen LogP contribution < -0.4 is 10.2 Å². The molecule has 1 N–H and O–H groups in total. The highest BCUT2D eigenvalue weighted by atomic mass is 15.3. The lowest BCUT2D eigenvalue weighted by Crippen LogP contribution is -2.09. The molecular formula is C12H17N5. The van der Waals surface area contributed by atoms with Crippen LogP contribution in [0, 0.1) is 0 Å². The van der Waals surface area contributed by atoms with Crippen molar-refractivity contribution in [2.24, 2.45) is 7.05 Å². The third kappa shape index (κ3) is 2.75. The molecule has 0 spiro atoms. The molecule has 0 saturated carbocycles. The van der Waals surface area contributed by atoms with Crippen molar-refractivity contribution in [3.05, 3.63) is 36.4 Å². The van der Waals surface area contributed by atoms with Gasteiger partial charge in [-0.3, -0.25) is 0 Å². The highest BCUT2D eigenvalue weighted by Gasteiger charge is 2.00. The third-order valence-corrected chi connectivity index (χ3v) is 2.64. The minimum atomic E-state index is 0.678. The SMILES string of the molecule is CN(C)c1ccc(NCc2nncn2C)cc1. The van der Waals surface area contributed by atoms with E-state index in [2.05, 4.69) is 44.7 Å². The van der Waals surface area contributed by atoms with Crippen molar-refractivity contribution < 1.29 is 0 Å². The van der Waals surface area contributed by atoms with Crippen molar-refractivity contribution in [3.63, 3.8) is 0 Å². The summed E-state index contributed by atoms with van der Waals surface area (Å²) >= 11 is 0. The summed E-state index contributed by atoms with van der Waals surface area (Å²) in [6.45, 7) is 0.678. The van der Waals surface area contributed by atoms with Gasteiger partial charge in [0.2, 0.25) is 0 Å². The molecular weight excluding hydrogens is 214 g/mol. The average Bonchev–Trinajstić information content (AvgIpc) is 2.73. The second-order valence-corrected chi connectivity index (χ2v) is 4.15. The molecule has 17 heavy (non-hydrogen) atoms. The summed E-state index contributed by atoms with van der Waals surface area (Å²) < 4.78 is 1.90. The summed E-state index contributed by atoms with van der Waals surface area (Å²) in [5.74, 6) is 0.918. The Hall–Kier alpha value is -2.04. The highest BCUT2D eigenvalue weighted by molar-refractivity contribution is 5.54. The first-order chi connectivity index (χ1) is 8.16. The molecule has 0 radical (unpaired) electrons. The topological polar surface area (TPSA) is 46.0 Å². The van der Waals surface area contributed by atoms with Crippen molar-refractivity contribution in [2.45, 2.75) is 6.54 Å². The molecule has 5 heteroatoms. The van der Waals surface area contributed by atoms with E-state index < -0.39 is 0 Å². The van der Waals surface area contributed by atoms with Crippen LogP contribution in [0.25, 0.3) is 0 Å². The molecule has 1 heterocycles. The van der Waals surface area contributed by atoms with E-state index in [0.29, 0.717) is 6.54 Å². The summed E-state index contributed by atoms with van der Waals surface area (Å²) in [5, 5.41) is 11.2. The molecule has 0 fully saturated rings. The van der Waals surface area contributed by atoms with Gasteiger partial charge in [0.15, 0.2) is 5.82 Å². The summed E-state index contributed by atoms with van der Waals surface area (Å²) in [5.41, 5.74) is 2.27. The molecule has 5 nitrogen and oxygen atoms in total. The molecule has 0 aliphatic carbocycles. The van der Waals surface area contributed by atoms with Crippen molar-refractivity contribution in [2.75, 3.05) is 24.3 Å². The second-order valence-electron chi connectivity index (χ2n) is 4.15. The molecule has 0 amide bonds. The largest absolute Gasteiger partial charge is 0.378 e. The number of anilines is 2. The van der Waals surface area contributed by atoms with Crippen molar-refractivity contribution in [3.8, 4) is 0 Å². The Bertz CT molecular complexity index is 472. The van der Waals surface area contributed by atoms with Crippen LogP contribution in [0.3, 0.4) is 0 Å². The van der Waals surface area contributed by atoms with Crippen LogP contribution in [0.4, 0.5) is 11.4 Å². The molecule has 0 aliphatic rings. The van der Waals surface area contributed by atoms with Gasteiger partial charge in [0.05, 0.1) is 6.54 Å². The van der Waals surface area contributed by atoms with Gasteiger partial charge in [-0.05, 0) is 24.3 Å². The van der Waals surface area contributed by atoms with Crippen LogP contribution in [0.1, 0.15) is 5.82 Å². The normalized spacial score (nSPS) is 10.3. The van der Waals surface area contributed by atoms with Gasteiger partial charge >= 0.3 is 0 Å². The van der Waals surface area contributed by atoms with E-state index >= 15 is 0 Å². The maximum atomic E-state index is 4.02. The first kappa shape index (κ1) is 11.4. The fraction of sp³-hybridized carbons (Fsp3) is 0.333. The Kier molecular flexibility index (Phi) is 3.27. The molecule has 0 unspecified atom stereocenters. The highest BCUT2D eigenvalue weighted by Crippen LogP contribution is 2.15. The molecule has 1 aromatic carbocycles. The fourth-order valence-electron chi connectivity index (χ4n) is 1.53. The number of hydrogen-bond donors (Lipinski definition) is 1. The van der Waals surface area contributed by atoms with Gasteiger partial charge in [-0.2, -0.15) is 0 Å². The van der Waals surface area contributed by atoms with Crippen LogP contribution in [0.2, 0.25) is 0 Å². The number of benzene rings is 1. The van der Waals surface area contributed by atoms with Crippen molar-refractivity contribution in [1.82, 2.24) is 14.8 Å². The van der Waals surface area contributed by atoms with Crippen LogP contribution in [0.15, 0.2) is 30.6 Å². The van der Waals surface area contributed by atoms with Gasteiger partial charge in [0, 0.05) is 32.5 Å². The zero-order chi connectivity index (χ0) is 12.3. The van der Waals surface area contributed by atoms with E-state index in [1.165, 1.54) is 5.69 Å². The van der Waals surface area contributed by atoms with Crippen LogP contribution in [-0.2, 0) is 13.6 Å². The zero-order valence-corrected chi connectivity index (χ0v) is 10.4. The first-order valence-electron chi connectivity index (χ1n) is 5.51. The Morgan fingerprint density at radius 2 is 1.94 bits per heavy atom. The van der Waals surface area contributed by atoms with Crippen LogP contribution in [0.5, 0.6) is 0 Å². The van der Waals surface area contributed by atoms with E-state index in [4.69, 9.17) is 0 Å². The Labute approximate surface area is 101 Å². The lowest BCUT2D eigenvalue weighted by atomic mass is 10.2. The van der Waals surface area contributed by atoms with Crippen molar-refractivity contribution >= 4 is 11.4 Å². The monoisotopic (exact) mass is 231 g/mol. The zero-order valence-electron chi connectivity index (χ0n) is 10.4. The van der Waals surface area contributed by atoms with Crippen LogP contribution in [-0.4, -0.2) is 28.9 Å². The predicted molar refractivity (Wildman–Crippen MR) is 69.1 cm³/mol. The maximum Gasteiger partial charge on any atom is 0.151 e. The van der Waals surface area contributed by atoms with Gasteiger partial charge in [-0.1, -0.05) is 0 Å². The summed E-state index contributed by atoms with van der Waals surface area (Å²) in [6, 6.07) is 8.29. The minimum absolute atomic E-state index is 0.678. The lowest BCUT2D eigenvalue weighted by molar-refractivity contribution is 0.812. The summed E-state index contributed by atoms with van der Waals surface area (Å²) in [4.78, 5) is 2.08.